The minimum atomic E-state index is -4.44. The molecule has 128 valence electrons. The molecule has 0 aromatic heterocycles. The Labute approximate surface area is 140 Å². The molecule has 0 saturated heterocycles. The van der Waals surface area contributed by atoms with Crippen LogP contribution in [0.2, 0.25) is 0 Å². The zero-order valence-electron chi connectivity index (χ0n) is 12.7. The predicted octanol–water partition coefficient (Wildman–Crippen LogP) is 3.27. The zero-order chi connectivity index (χ0) is 17.6. The quantitative estimate of drug-likeness (QED) is 0.864. The van der Waals surface area contributed by atoms with Crippen LogP contribution in [0.4, 0.5) is 13.2 Å². The van der Waals surface area contributed by atoms with Gasteiger partial charge in [0.05, 0.1) is 5.56 Å². The summed E-state index contributed by atoms with van der Waals surface area (Å²) in [6, 6.07) is 13.9. The lowest BCUT2D eigenvalue weighted by Gasteiger charge is -2.09. The molecule has 0 spiro atoms. The van der Waals surface area contributed by atoms with Gasteiger partial charge in [-0.15, -0.1) is 0 Å². The smallest absolute Gasteiger partial charge is 0.351 e. The topological polar surface area (TPSA) is 46.2 Å². The van der Waals surface area contributed by atoms with Crippen LogP contribution in [0.1, 0.15) is 16.7 Å². The molecule has 1 amide bonds. The number of rotatable bonds is 6. The number of hydrogen-bond donors (Lipinski definition) is 1. The first-order valence-electron chi connectivity index (χ1n) is 7.16. The standard InChI is InChI=1S/C17H16F3NO2S/c18-17(19,20)15-8-4-7-14(9-15)11-24(23)12-16(22)21-10-13-5-2-1-3-6-13/h1-9H,10-12H2,(H,21,22). The Morgan fingerprint density at radius 2 is 1.67 bits per heavy atom. The van der Waals surface area contributed by atoms with Gasteiger partial charge in [-0.2, -0.15) is 13.2 Å². The lowest BCUT2D eigenvalue weighted by Crippen LogP contribution is -2.28. The minimum absolute atomic E-state index is 0.0946. The SMILES string of the molecule is O=C(CS(=O)Cc1cccc(C(F)(F)F)c1)NCc1ccccc1. The first-order chi connectivity index (χ1) is 11.3. The molecule has 3 nitrogen and oxygen atoms in total. The van der Waals surface area contributed by atoms with Crippen LogP contribution in [0.3, 0.4) is 0 Å². The van der Waals surface area contributed by atoms with E-state index >= 15 is 0 Å². The van der Waals surface area contributed by atoms with Crippen molar-refractivity contribution in [2.45, 2.75) is 18.5 Å². The van der Waals surface area contributed by atoms with Crippen LogP contribution < -0.4 is 5.32 Å². The van der Waals surface area contributed by atoms with Gasteiger partial charge in [-0.05, 0) is 17.2 Å². The number of halogens is 3. The van der Waals surface area contributed by atoms with Gasteiger partial charge in [-0.1, -0.05) is 48.5 Å². The van der Waals surface area contributed by atoms with Crippen LogP contribution in [0.5, 0.6) is 0 Å². The summed E-state index contributed by atoms with van der Waals surface area (Å²) in [7, 11) is -1.57. The molecule has 0 bridgehead atoms. The number of carbonyl (C=O) groups is 1. The van der Waals surface area contributed by atoms with Crippen molar-refractivity contribution in [1.29, 1.82) is 0 Å². The molecule has 0 heterocycles. The van der Waals surface area contributed by atoms with E-state index in [1.54, 1.807) is 0 Å². The van der Waals surface area contributed by atoms with Crippen molar-refractivity contribution in [3.8, 4) is 0 Å². The summed E-state index contributed by atoms with van der Waals surface area (Å²) >= 11 is 0. The molecule has 1 N–H and O–H groups in total. The second kappa shape index (κ2) is 8.10. The average molecular weight is 355 g/mol. The number of nitrogens with one attached hydrogen (secondary N) is 1. The third-order valence-corrected chi connectivity index (χ3v) is 4.45. The zero-order valence-corrected chi connectivity index (χ0v) is 13.5. The molecular formula is C17H16F3NO2S. The molecule has 0 aliphatic heterocycles. The van der Waals surface area contributed by atoms with Gasteiger partial charge in [0.1, 0.15) is 5.75 Å². The number of alkyl halides is 3. The van der Waals surface area contributed by atoms with Crippen molar-refractivity contribution in [3.63, 3.8) is 0 Å². The molecule has 0 saturated carbocycles. The maximum Gasteiger partial charge on any atom is 0.416 e. The van der Waals surface area contributed by atoms with E-state index in [9.17, 15) is 22.2 Å². The van der Waals surface area contributed by atoms with Crippen molar-refractivity contribution in [2.75, 3.05) is 5.75 Å². The van der Waals surface area contributed by atoms with Crippen LogP contribution in [0.25, 0.3) is 0 Å². The van der Waals surface area contributed by atoms with Gasteiger partial charge in [-0.25, -0.2) is 0 Å². The van der Waals surface area contributed by atoms with Crippen molar-refractivity contribution in [1.82, 2.24) is 5.32 Å². The molecule has 0 aliphatic carbocycles. The highest BCUT2D eigenvalue weighted by Gasteiger charge is 2.30. The Morgan fingerprint density at radius 3 is 2.33 bits per heavy atom. The predicted molar refractivity (Wildman–Crippen MR) is 86.4 cm³/mol. The molecule has 2 aromatic carbocycles. The van der Waals surface area contributed by atoms with Gasteiger partial charge in [0.2, 0.25) is 5.91 Å². The number of benzene rings is 2. The summed E-state index contributed by atoms with van der Waals surface area (Å²) < 4.78 is 49.9. The monoisotopic (exact) mass is 355 g/mol. The molecule has 2 aromatic rings. The van der Waals surface area contributed by atoms with Crippen molar-refractivity contribution in [2.24, 2.45) is 0 Å². The van der Waals surface area contributed by atoms with Gasteiger partial charge >= 0.3 is 6.18 Å². The summed E-state index contributed by atoms with van der Waals surface area (Å²) in [6.07, 6.45) is -4.44. The van der Waals surface area contributed by atoms with E-state index in [0.717, 1.165) is 17.7 Å². The van der Waals surface area contributed by atoms with E-state index in [1.807, 2.05) is 30.3 Å². The molecule has 24 heavy (non-hydrogen) atoms. The van der Waals surface area contributed by atoms with Gasteiger partial charge in [0.25, 0.3) is 0 Å². The fraction of sp³-hybridized carbons (Fsp3) is 0.235. The van der Waals surface area contributed by atoms with Crippen LogP contribution >= 0.6 is 0 Å². The summed E-state index contributed by atoms with van der Waals surface area (Å²) in [5.74, 6) is -0.740. The lowest BCUT2D eigenvalue weighted by molar-refractivity contribution is -0.137. The Morgan fingerprint density at radius 1 is 1.00 bits per heavy atom. The third kappa shape index (κ3) is 5.81. The summed E-state index contributed by atoms with van der Waals surface area (Å²) in [5.41, 5.74) is 0.416. The Balaban J connectivity index is 1.85. The number of amides is 1. The summed E-state index contributed by atoms with van der Waals surface area (Å²) in [6.45, 7) is 0.320. The van der Waals surface area contributed by atoms with Gasteiger partial charge in [0.15, 0.2) is 0 Å². The maximum absolute atomic E-state index is 12.6. The van der Waals surface area contributed by atoms with Gasteiger partial charge in [-0.3, -0.25) is 9.00 Å². The van der Waals surface area contributed by atoms with Crippen LogP contribution in [-0.2, 0) is 34.1 Å². The fourth-order valence-electron chi connectivity index (χ4n) is 2.07. The maximum atomic E-state index is 12.6. The Kier molecular flexibility index (Phi) is 6.14. The van der Waals surface area contributed by atoms with E-state index < -0.39 is 28.4 Å². The highest BCUT2D eigenvalue weighted by atomic mass is 32.2. The van der Waals surface area contributed by atoms with E-state index in [0.29, 0.717) is 12.1 Å². The first-order valence-corrected chi connectivity index (χ1v) is 8.65. The Hall–Kier alpha value is -2.15. The van der Waals surface area contributed by atoms with Crippen molar-refractivity contribution in [3.05, 3.63) is 71.3 Å². The number of hydrogen-bond acceptors (Lipinski definition) is 2. The van der Waals surface area contributed by atoms with Gasteiger partial charge < -0.3 is 5.32 Å². The molecule has 7 heteroatoms. The summed E-state index contributed by atoms with van der Waals surface area (Å²) in [4.78, 5) is 11.8. The first kappa shape index (κ1) is 18.2. The molecule has 0 fully saturated rings. The minimum Gasteiger partial charge on any atom is -0.351 e. The molecular weight excluding hydrogens is 339 g/mol. The van der Waals surface area contributed by atoms with Crippen LogP contribution in [0.15, 0.2) is 54.6 Å². The van der Waals surface area contributed by atoms with Crippen molar-refractivity contribution >= 4 is 16.7 Å². The van der Waals surface area contributed by atoms with E-state index in [2.05, 4.69) is 5.32 Å². The molecule has 2 rings (SSSR count). The molecule has 1 unspecified atom stereocenters. The molecule has 0 radical (unpaired) electrons. The summed E-state index contributed by atoms with van der Waals surface area (Å²) in [5, 5.41) is 2.64. The second-order valence-corrected chi connectivity index (χ2v) is 6.65. The lowest BCUT2D eigenvalue weighted by atomic mass is 10.1. The normalized spacial score (nSPS) is 12.6. The fourth-order valence-corrected chi connectivity index (χ4v) is 3.12. The average Bonchev–Trinajstić information content (AvgIpc) is 2.53. The molecule has 1 atom stereocenters. The van der Waals surface area contributed by atoms with Crippen molar-refractivity contribution < 1.29 is 22.2 Å². The third-order valence-electron chi connectivity index (χ3n) is 3.21. The Bertz CT molecular complexity index is 717. The second-order valence-electron chi connectivity index (χ2n) is 5.19. The van der Waals surface area contributed by atoms with E-state index in [1.165, 1.54) is 12.1 Å². The van der Waals surface area contributed by atoms with Gasteiger partial charge in [0, 0.05) is 23.1 Å². The van der Waals surface area contributed by atoms with E-state index in [4.69, 9.17) is 0 Å². The van der Waals surface area contributed by atoms with E-state index in [-0.39, 0.29) is 11.5 Å². The largest absolute Gasteiger partial charge is 0.416 e. The highest BCUT2D eigenvalue weighted by molar-refractivity contribution is 7.84. The van der Waals surface area contributed by atoms with Crippen LogP contribution in [-0.4, -0.2) is 15.9 Å². The highest BCUT2D eigenvalue weighted by Crippen LogP contribution is 2.29. The van der Waals surface area contributed by atoms with Crippen LogP contribution in [0, 0.1) is 0 Å². The molecule has 0 aliphatic rings. The number of carbonyl (C=O) groups excluding carboxylic acids is 1.